The lowest BCUT2D eigenvalue weighted by Crippen LogP contribution is -2.39. The maximum absolute atomic E-state index is 12.6. The Bertz CT molecular complexity index is 654. The van der Waals surface area contributed by atoms with Gasteiger partial charge in [0.05, 0.1) is 11.6 Å². The van der Waals surface area contributed by atoms with Gasteiger partial charge < -0.3 is 9.80 Å². The highest BCUT2D eigenvalue weighted by atomic mass is 16.2. The first-order valence-corrected chi connectivity index (χ1v) is 8.63. The Labute approximate surface area is 142 Å². The van der Waals surface area contributed by atoms with Crippen LogP contribution < -0.4 is 0 Å². The minimum atomic E-state index is 0.0585. The zero-order valence-corrected chi connectivity index (χ0v) is 14.1. The van der Waals surface area contributed by atoms with Crippen molar-refractivity contribution in [2.75, 3.05) is 26.2 Å². The second-order valence-corrected chi connectivity index (χ2v) is 6.83. The number of amides is 2. The number of carbonyl (C=O) groups excluding carboxylic acids is 2. The molecule has 2 aliphatic heterocycles. The molecule has 5 heteroatoms. The zero-order chi connectivity index (χ0) is 17.1. The first-order chi connectivity index (χ1) is 11.6. The van der Waals surface area contributed by atoms with Gasteiger partial charge in [-0.2, -0.15) is 5.26 Å². The zero-order valence-electron chi connectivity index (χ0n) is 14.1. The van der Waals surface area contributed by atoms with Crippen molar-refractivity contribution in [2.24, 2.45) is 11.8 Å². The predicted molar refractivity (Wildman–Crippen MR) is 90.1 cm³/mol. The van der Waals surface area contributed by atoms with E-state index in [1.165, 1.54) is 0 Å². The van der Waals surface area contributed by atoms with Crippen molar-refractivity contribution >= 4 is 11.8 Å². The molecule has 0 aliphatic carbocycles. The van der Waals surface area contributed by atoms with Crippen LogP contribution in [0.2, 0.25) is 0 Å². The lowest BCUT2D eigenvalue weighted by molar-refractivity contribution is -0.130. The molecule has 1 aromatic carbocycles. The molecular formula is C19H23N3O2. The molecule has 2 aliphatic rings. The van der Waals surface area contributed by atoms with Crippen molar-refractivity contribution in [3.8, 4) is 6.07 Å². The van der Waals surface area contributed by atoms with Crippen LogP contribution in [-0.2, 0) is 4.79 Å². The van der Waals surface area contributed by atoms with Crippen LogP contribution in [0, 0.1) is 23.2 Å². The van der Waals surface area contributed by atoms with Crippen LogP contribution in [-0.4, -0.2) is 47.8 Å². The van der Waals surface area contributed by atoms with Gasteiger partial charge in [0, 0.05) is 38.7 Å². The van der Waals surface area contributed by atoms with E-state index in [-0.39, 0.29) is 11.8 Å². The van der Waals surface area contributed by atoms with E-state index in [1.807, 2.05) is 9.80 Å². The van der Waals surface area contributed by atoms with E-state index >= 15 is 0 Å². The number of piperidine rings is 1. The van der Waals surface area contributed by atoms with Gasteiger partial charge in [0.2, 0.25) is 5.91 Å². The summed E-state index contributed by atoms with van der Waals surface area (Å²) in [5, 5.41) is 8.84. The Balaban J connectivity index is 1.56. The molecule has 2 amide bonds. The highest BCUT2D eigenvalue weighted by Gasteiger charge is 2.34. The number of hydrogen-bond acceptors (Lipinski definition) is 3. The van der Waals surface area contributed by atoms with Crippen LogP contribution in [0.3, 0.4) is 0 Å². The monoisotopic (exact) mass is 325 g/mol. The number of benzene rings is 1. The average molecular weight is 325 g/mol. The van der Waals surface area contributed by atoms with Gasteiger partial charge in [0.15, 0.2) is 0 Å². The topological polar surface area (TPSA) is 64.4 Å². The summed E-state index contributed by atoms with van der Waals surface area (Å²) in [5.41, 5.74) is 1.23. The van der Waals surface area contributed by atoms with Gasteiger partial charge in [-0.1, -0.05) is 0 Å². The van der Waals surface area contributed by atoms with Gasteiger partial charge in [0.25, 0.3) is 5.91 Å². The minimum Gasteiger partial charge on any atom is -0.343 e. The van der Waals surface area contributed by atoms with Crippen molar-refractivity contribution < 1.29 is 9.59 Å². The lowest BCUT2D eigenvalue weighted by Gasteiger charge is -2.34. The molecule has 0 radical (unpaired) electrons. The molecule has 5 nitrogen and oxygen atoms in total. The molecule has 1 unspecified atom stereocenters. The Morgan fingerprint density at radius 3 is 2.17 bits per heavy atom. The Hall–Kier alpha value is -2.35. The van der Waals surface area contributed by atoms with E-state index < -0.39 is 0 Å². The molecule has 2 fully saturated rings. The SMILES string of the molecule is CC(=O)N1CCC(C2CCN(C(=O)c3ccc(C#N)cc3)C2)CC1. The van der Waals surface area contributed by atoms with E-state index in [2.05, 4.69) is 6.07 Å². The molecule has 0 spiro atoms. The fraction of sp³-hybridized carbons (Fsp3) is 0.526. The normalized spacial score (nSPS) is 21.6. The molecule has 0 aromatic heterocycles. The molecule has 1 aromatic rings. The van der Waals surface area contributed by atoms with Crippen LogP contribution in [0.4, 0.5) is 0 Å². The summed E-state index contributed by atoms with van der Waals surface area (Å²) in [6.45, 7) is 4.94. The molecule has 24 heavy (non-hydrogen) atoms. The van der Waals surface area contributed by atoms with Crippen molar-refractivity contribution in [3.05, 3.63) is 35.4 Å². The summed E-state index contributed by atoms with van der Waals surface area (Å²) in [5.74, 6) is 1.38. The highest BCUT2D eigenvalue weighted by Crippen LogP contribution is 2.32. The summed E-state index contributed by atoms with van der Waals surface area (Å²) in [4.78, 5) is 27.9. The third kappa shape index (κ3) is 3.43. The van der Waals surface area contributed by atoms with Gasteiger partial charge in [-0.25, -0.2) is 0 Å². The second-order valence-electron chi connectivity index (χ2n) is 6.83. The lowest BCUT2D eigenvalue weighted by atomic mass is 9.84. The summed E-state index contributed by atoms with van der Waals surface area (Å²) < 4.78 is 0. The van der Waals surface area contributed by atoms with Crippen molar-refractivity contribution in [2.45, 2.75) is 26.2 Å². The first kappa shape index (κ1) is 16.5. The number of likely N-dealkylation sites (tertiary alicyclic amines) is 2. The van der Waals surface area contributed by atoms with Crippen LogP contribution in [0.25, 0.3) is 0 Å². The molecule has 1 atom stereocenters. The van der Waals surface area contributed by atoms with Gasteiger partial charge in [-0.05, 0) is 55.4 Å². The van der Waals surface area contributed by atoms with E-state index in [9.17, 15) is 9.59 Å². The Morgan fingerprint density at radius 2 is 1.58 bits per heavy atom. The van der Waals surface area contributed by atoms with Crippen LogP contribution in [0.5, 0.6) is 0 Å². The Morgan fingerprint density at radius 1 is 1.00 bits per heavy atom. The fourth-order valence-electron chi connectivity index (χ4n) is 3.91. The maximum Gasteiger partial charge on any atom is 0.253 e. The van der Waals surface area contributed by atoms with Crippen molar-refractivity contribution in [1.82, 2.24) is 9.80 Å². The van der Waals surface area contributed by atoms with E-state index in [1.54, 1.807) is 31.2 Å². The van der Waals surface area contributed by atoms with E-state index in [0.29, 0.717) is 23.0 Å². The van der Waals surface area contributed by atoms with Gasteiger partial charge in [-0.3, -0.25) is 9.59 Å². The largest absolute Gasteiger partial charge is 0.343 e. The van der Waals surface area contributed by atoms with Gasteiger partial charge >= 0.3 is 0 Å². The molecule has 0 bridgehead atoms. The smallest absolute Gasteiger partial charge is 0.253 e. The quantitative estimate of drug-likeness (QED) is 0.838. The summed E-state index contributed by atoms with van der Waals surface area (Å²) in [6, 6.07) is 8.93. The number of nitriles is 1. The minimum absolute atomic E-state index is 0.0585. The first-order valence-electron chi connectivity index (χ1n) is 8.63. The summed E-state index contributed by atoms with van der Waals surface area (Å²) >= 11 is 0. The average Bonchev–Trinajstić information content (AvgIpc) is 3.11. The third-order valence-corrected chi connectivity index (χ3v) is 5.42. The number of carbonyl (C=O) groups is 2. The van der Waals surface area contributed by atoms with Crippen molar-refractivity contribution in [1.29, 1.82) is 5.26 Å². The standard InChI is InChI=1S/C19H23N3O2/c1-14(23)21-9-6-16(7-10-21)18-8-11-22(13-18)19(24)17-4-2-15(12-20)3-5-17/h2-5,16,18H,6-11,13H2,1H3. The number of hydrogen-bond donors (Lipinski definition) is 0. The molecule has 0 saturated carbocycles. The van der Waals surface area contributed by atoms with E-state index in [4.69, 9.17) is 5.26 Å². The number of rotatable bonds is 2. The van der Waals surface area contributed by atoms with Crippen LogP contribution in [0.1, 0.15) is 42.1 Å². The maximum atomic E-state index is 12.6. The Kier molecular flexibility index (Phi) is 4.84. The fourth-order valence-corrected chi connectivity index (χ4v) is 3.91. The summed E-state index contributed by atoms with van der Waals surface area (Å²) in [6.07, 6.45) is 3.14. The molecule has 0 N–H and O–H groups in total. The third-order valence-electron chi connectivity index (χ3n) is 5.42. The molecule has 2 heterocycles. The van der Waals surface area contributed by atoms with Gasteiger partial charge in [0.1, 0.15) is 0 Å². The second kappa shape index (κ2) is 7.04. The van der Waals surface area contributed by atoms with Gasteiger partial charge in [-0.15, -0.1) is 0 Å². The molecule has 126 valence electrons. The highest BCUT2D eigenvalue weighted by molar-refractivity contribution is 5.94. The van der Waals surface area contributed by atoms with E-state index in [0.717, 1.165) is 45.4 Å². The van der Waals surface area contributed by atoms with Crippen LogP contribution in [0.15, 0.2) is 24.3 Å². The van der Waals surface area contributed by atoms with Crippen molar-refractivity contribution in [3.63, 3.8) is 0 Å². The molecular weight excluding hydrogens is 302 g/mol. The molecule has 2 saturated heterocycles. The predicted octanol–water partition coefficient (Wildman–Crippen LogP) is 2.28. The molecule has 3 rings (SSSR count). The number of nitrogens with zero attached hydrogens (tertiary/aromatic N) is 3. The van der Waals surface area contributed by atoms with Crippen LogP contribution >= 0.6 is 0 Å². The summed E-state index contributed by atoms with van der Waals surface area (Å²) in [7, 11) is 0.